The van der Waals surface area contributed by atoms with Crippen LogP contribution in [0.3, 0.4) is 0 Å². The van der Waals surface area contributed by atoms with Crippen LogP contribution in [-0.4, -0.2) is 20.6 Å². The zero-order chi connectivity index (χ0) is 13.8. The van der Waals surface area contributed by atoms with Crippen molar-refractivity contribution in [3.63, 3.8) is 0 Å². The zero-order valence-electron chi connectivity index (χ0n) is 10.6. The van der Waals surface area contributed by atoms with E-state index in [1.165, 1.54) is 12.1 Å². The standard InChI is InChI=1S/C14H15FN2O2/c1-2-6-17-7-5-16-13(17)9-10-8-11(15)3-4-12(10)14(18)19/h3-5,7-8H,2,6,9H2,1H3,(H,18,19). The number of carboxylic acids is 1. The second kappa shape index (κ2) is 5.65. The highest BCUT2D eigenvalue weighted by Crippen LogP contribution is 2.16. The van der Waals surface area contributed by atoms with Gasteiger partial charge in [-0.3, -0.25) is 0 Å². The van der Waals surface area contributed by atoms with Crippen LogP contribution >= 0.6 is 0 Å². The summed E-state index contributed by atoms with van der Waals surface area (Å²) in [6, 6.07) is 3.71. The molecule has 1 aromatic carbocycles. The maximum Gasteiger partial charge on any atom is 0.335 e. The van der Waals surface area contributed by atoms with Crippen molar-refractivity contribution in [1.82, 2.24) is 9.55 Å². The number of aryl methyl sites for hydroxylation is 1. The predicted octanol–water partition coefficient (Wildman–Crippen LogP) is 2.72. The first-order valence-corrected chi connectivity index (χ1v) is 6.13. The Kier molecular flexibility index (Phi) is 3.94. The van der Waals surface area contributed by atoms with Crippen LogP contribution in [0.2, 0.25) is 0 Å². The van der Waals surface area contributed by atoms with Gasteiger partial charge in [0.1, 0.15) is 11.6 Å². The van der Waals surface area contributed by atoms with Crippen molar-refractivity contribution in [2.45, 2.75) is 26.3 Å². The third kappa shape index (κ3) is 2.99. The van der Waals surface area contributed by atoms with E-state index in [1.54, 1.807) is 6.20 Å². The minimum absolute atomic E-state index is 0.118. The van der Waals surface area contributed by atoms with Gasteiger partial charge in [0.15, 0.2) is 0 Å². The Balaban J connectivity index is 2.34. The lowest BCUT2D eigenvalue weighted by Crippen LogP contribution is -2.08. The van der Waals surface area contributed by atoms with E-state index in [1.807, 2.05) is 10.8 Å². The largest absolute Gasteiger partial charge is 0.478 e. The predicted molar refractivity (Wildman–Crippen MR) is 68.7 cm³/mol. The van der Waals surface area contributed by atoms with Crippen LogP contribution < -0.4 is 0 Å². The fourth-order valence-electron chi connectivity index (χ4n) is 2.04. The van der Waals surface area contributed by atoms with Crippen LogP contribution in [-0.2, 0) is 13.0 Å². The first kappa shape index (κ1) is 13.3. The van der Waals surface area contributed by atoms with Crippen molar-refractivity contribution in [3.8, 4) is 0 Å². The van der Waals surface area contributed by atoms with Gasteiger partial charge < -0.3 is 9.67 Å². The molecule has 2 rings (SSSR count). The van der Waals surface area contributed by atoms with E-state index in [2.05, 4.69) is 11.9 Å². The van der Waals surface area contributed by atoms with E-state index in [0.717, 1.165) is 24.9 Å². The SMILES string of the molecule is CCCn1ccnc1Cc1cc(F)ccc1C(=O)O. The molecule has 0 saturated carbocycles. The van der Waals surface area contributed by atoms with Gasteiger partial charge in [-0.15, -0.1) is 0 Å². The maximum atomic E-state index is 13.3. The van der Waals surface area contributed by atoms with Gasteiger partial charge in [0, 0.05) is 25.4 Å². The third-order valence-electron chi connectivity index (χ3n) is 2.91. The third-order valence-corrected chi connectivity index (χ3v) is 2.91. The lowest BCUT2D eigenvalue weighted by atomic mass is 10.0. The summed E-state index contributed by atoms with van der Waals surface area (Å²) in [6.07, 6.45) is 4.79. The lowest BCUT2D eigenvalue weighted by Gasteiger charge is -2.08. The second-order valence-electron chi connectivity index (χ2n) is 4.32. The maximum absolute atomic E-state index is 13.3. The van der Waals surface area contributed by atoms with E-state index in [0.29, 0.717) is 12.0 Å². The molecule has 0 radical (unpaired) electrons. The Labute approximate surface area is 110 Å². The molecule has 19 heavy (non-hydrogen) atoms. The molecule has 0 aliphatic carbocycles. The summed E-state index contributed by atoms with van der Waals surface area (Å²) in [4.78, 5) is 15.3. The van der Waals surface area contributed by atoms with E-state index < -0.39 is 11.8 Å². The van der Waals surface area contributed by atoms with Crippen molar-refractivity contribution >= 4 is 5.97 Å². The Bertz CT molecular complexity index is 593. The Morgan fingerprint density at radius 2 is 2.26 bits per heavy atom. The van der Waals surface area contributed by atoms with Gasteiger partial charge in [-0.25, -0.2) is 14.2 Å². The molecule has 1 aromatic heterocycles. The molecule has 0 spiro atoms. The number of imidazole rings is 1. The quantitative estimate of drug-likeness (QED) is 0.901. The Hall–Kier alpha value is -2.17. The van der Waals surface area contributed by atoms with Crippen LogP contribution in [0.1, 0.15) is 35.1 Å². The van der Waals surface area contributed by atoms with E-state index in [4.69, 9.17) is 5.11 Å². The van der Waals surface area contributed by atoms with Gasteiger partial charge in [0.05, 0.1) is 5.56 Å². The molecular weight excluding hydrogens is 247 g/mol. The molecule has 0 fully saturated rings. The molecule has 1 heterocycles. The number of benzene rings is 1. The highest BCUT2D eigenvalue weighted by atomic mass is 19.1. The van der Waals surface area contributed by atoms with Gasteiger partial charge in [-0.05, 0) is 30.2 Å². The summed E-state index contributed by atoms with van der Waals surface area (Å²) in [7, 11) is 0. The molecule has 0 atom stereocenters. The molecule has 5 heteroatoms. The van der Waals surface area contributed by atoms with E-state index in [9.17, 15) is 9.18 Å². The fraction of sp³-hybridized carbons (Fsp3) is 0.286. The summed E-state index contributed by atoms with van der Waals surface area (Å²) < 4.78 is 15.2. The molecule has 2 aromatic rings. The van der Waals surface area contributed by atoms with Crippen LogP contribution in [0.15, 0.2) is 30.6 Å². The zero-order valence-corrected chi connectivity index (χ0v) is 10.6. The van der Waals surface area contributed by atoms with Gasteiger partial charge in [0.2, 0.25) is 0 Å². The summed E-state index contributed by atoms with van der Waals surface area (Å²) in [5.74, 6) is -0.743. The monoisotopic (exact) mass is 262 g/mol. The number of aromatic carboxylic acids is 1. The molecule has 100 valence electrons. The summed E-state index contributed by atoms with van der Waals surface area (Å²) in [6.45, 7) is 2.86. The first-order valence-electron chi connectivity index (χ1n) is 6.13. The van der Waals surface area contributed by atoms with Crippen LogP contribution in [0.5, 0.6) is 0 Å². The van der Waals surface area contributed by atoms with E-state index >= 15 is 0 Å². The number of nitrogens with zero attached hydrogens (tertiary/aromatic N) is 2. The average Bonchev–Trinajstić information content (AvgIpc) is 2.77. The number of carboxylic acid groups (broad SMARTS) is 1. The van der Waals surface area contributed by atoms with Gasteiger partial charge in [-0.1, -0.05) is 6.92 Å². The van der Waals surface area contributed by atoms with Crippen LogP contribution in [0.4, 0.5) is 4.39 Å². The molecule has 0 saturated heterocycles. The number of aromatic nitrogens is 2. The van der Waals surface area contributed by atoms with Crippen molar-refractivity contribution in [2.75, 3.05) is 0 Å². The Morgan fingerprint density at radius 3 is 2.95 bits per heavy atom. The van der Waals surface area contributed by atoms with Crippen molar-refractivity contribution in [2.24, 2.45) is 0 Å². The minimum atomic E-state index is -1.05. The molecule has 0 bridgehead atoms. The molecule has 0 unspecified atom stereocenters. The molecule has 0 aliphatic rings. The second-order valence-corrected chi connectivity index (χ2v) is 4.32. The van der Waals surface area contributed by atoms with Crippen LogP contribution in [0.25, 0.3) is 0 Å². The summed E-state index contributed by atoms with van der Waals surface area (Å²) >= 11 is 0. The van der Waals surface area contributed by atoms with E-state index in [-0.39, 0.29) is 5.56 Å². The van der Waals surface area contributed by atoms with Crippen molar-refractivity contribution in [1.29, 1.82) is 0 Å². The first-order chi connectivity index (χ1) is 9.11. The highest BCUT2D eigenvalue weighted by Gasteiger charge is 2.13. The normalized spacial score (nSPS) is 10.6. The molecule has 1 N–H and O–H groups in total. The van der Waals surface area contributed by atoms with Gasteiger partial charge >= 0.3 is 5.97 Å². The topological polar surface area (TPSA) is 55.1 Å². The fourth-order valence-corrected chi connectivity index (χ4v) is 2.04. The number of halogens is 1. The number of hydrogen-bond acceptors (Lipinski definition) is 2. The van der Waals surface area contributed by atoms with Crippen molar-refractivity contribution < 1.29 is 14.3 Å². The number of carbonyl (C=O) groups is 1. The number of hydrogen-bond donors (Lipinski definition) is 1. The van der Waals surface area contributed by atoms with Gasteiger partial charge in [-0.2, -0.15) is 0 Å². The van der Waals surface area contributed by atoms with Gasteiger partial charge in [0.25, 0.3) is 0 Å². The molecular formula is C14H15FN2O2. The smallest absolute Gasteiger partial charge is 0.335 e. The lowest BCUT2D eigenvalue weighted by molar-refractivity contribution is 0.0696. The highest BCUT2D eigenvalue weighted by molar-refractivity contribution is 5.89. The van der Waals surface area contributed by atoms with Crippen LogP contribution in [0, 0.1) is 5.82 Å². The summed E-state index contributed by atoms with van der Waals surface area (Å²) in [5.41, 5.74) is 0.559. The molecule has 0 amide bonds. The molecule has 4 nitrogen and oxygen atoms in total. The Morgan fingerprint density at radius 1 is 1.47 bits per heavy atom. The minimum Gasteiger partial charge on any atom is -0.478 e. The molecule has 0 aliphatic heterocycles. The average molecular weight is 262 g/mol. The summed E-state index contributed by atoms with van der Waals surface area (Å²) in [5, 5.41) is 9.11. The van der Waals surface area contributed by atoms with Crippen molar-refractivity contribution in [3.05, 3.63) is 53.4 Å². The number of rotatable bonds is 5.